The number of benzene rings is 2. The van der Waals surface area contributed by atoms with E-state index in [9.17, 15) is 9.90 Å². The molecule has 5 heteroatoms. The van der Waals surface area contributed by atoms with Gasteiger partial charge in [0.1, 0.15) is 5.75 Å². The average Bonchev–Trinajstić information content (AvgIpc) is 3.23. The minimum absolute atomic E-state index is 0.0163. The molecule has 0 amide bonds. The standard InChI is InChI=1S/C28H36N2O3/c1-4-7-12-33-26-10-8-23(24-9-11-27(32)30-28(24)26)25(17-31)29-22-15-20-13-18(5-2)19(6-3)14-21(20)16-22/h8-11,13-14,22,25,29,31H,4-7,12,15-17H2,1-3H3,(H,30,32). The maximum atomic E-state index is 12.0. The summed E-state index contributed by atoms with van der Waals surface area (Å²) in [5.74, 6) is 0.684. The van der Waals surface area contributed by atoms with Crippen molar-refractivity contribution >= 4 is 10.9 Å². The summed E-state index contributed by atoms with van der Waals surface area (Å²) < 4.78 is 5.95. The van der Waals surface area contributed by atoms with Crippen molar-refractivity contribution in [3.8, 4) is 5.75 Å². The van der Waals surface area contributed by atoms with Gasteiger partial charge in [0.25, 0.3) is 0 Å². The maximum Gasteiger partial charge on any atom is 0.248 e. The van der Waals surface area contributed by atoms with Gasteiger partial charge in [-0.1, -0.05) is 45.4 Å². The summed E-state index contributed by atoms with van der Waals surface area (Å²) in [5, 5.41) is 14.9. The zero-order chi connectivity index (χ0) is 23.4. The molecule has 0 saturated heterocycles. The van der Waals surface area contributed by atoms with E-state index in [-0.39, 0.29) is 24.2 Å². The van der Waals surface area contributed by atoms with Crippen LogP contribution in [0.4, 0.5) is 0 Å². The topological polar surface area (TPSA) is 74.3 Å². The fraction of sp³-hybridized carbons (Fsp3) is 0.464. The minimum Gasteiger partial charge on any atom is -0.491 e. The lowest BCUT2D eigenvalue weighted by molar-refractivity contribution is 0.234. The SMILES string of the molecule is CCCCOc1ccc(C(CO)NC2Cc3cc(CC)c(CC)cc3C2)c2ccc(=O)[nH]c12. The molecule has 0 radical (unpaired) electrons. The van der Waals surface area contributed by atoms with Crippen molar-refractivity contribution in [1.82, 2.24) is 10.3 Å². The smallest absolute Gasteiger partial charge is 0.248 e. The van der Waals surface area contributed by atoms with E-state index in [2.05, 4.69) is 43.2 Å². The van der Waals surface area contributed by atoms with Crippen molar-refractivity contribution < 1.29 is 9.84 Å². The Hall–Kier alpha value is -2.63. The second-order valence-electron chi connectivity index (χ2n) is 9.07. The van der Waals surface area contributed by atoms with Crippen LogP contribution >= 0.6 is 0 Å². The number of rotatable bonds is 10. The van der Waals surface area contributed by atoms with Gasteiger partial charge in [0.2, 0.25) is 5.56 Å². The van der Waals surface area contributed by atoms with E-state index in [1.54, 1.807) is 6.07 Å². The third-order valence-corrected chi connectivity index (χ3v) is 6.86. The molecule has 4 rings (SSSR count). The van der Waals surface area contributed by atoms with E-state index >= 15 is 0 Å². The first-order chi connectivity index (χ1) is 16.1. The molecule has 1 aliphatic rings. The third-order valence-electron chi connectivity index (χ3n) is 6.86. The van der Waals surface area contributed by atoms with E-state index in [0.29, 0.717) is 17.9 Å². The molecule has 0 fully saturated rings. The Kier molecular flexibility index (Phi) is 7.51. The maximum absolute atomic E-state index is 12.0. The van der Waals surface area contributed by atoms with Crippen molar-refractivity contribution in [3.05, 3.63) is 74.6 Å². The lowest BCUT2D eigenvalue weighted by Gasteiger charge is -2.23. The highest BCUT2D eigenvalue weighted by molar-refractivity contribution is 5.87. The molecule has 33 heavy (non-hydrogen) atoms. The molecule has 1 aromatic heterocycles. The fourth-order valence-electron chi connectivity index (χ4n) is 5.07. The minimum atomic E-state index is -0.223. The molecular formula is C28H36N2O3. The number of hydrogen-bond acceptors (Lipinski definition) is 4. The largest absolute Gasteiger partial charge is 0.491 e. The number of fused-ring (bicyclic) bond motifs is 2. The van der Waals surface area contributed by atoms with Gasteiger partial charge in [-0.15, -0.1) is 0 Å². The van der Waals surface area contributed by atoms with Crippen LogP contribution in [0, 0.1) is 0 Å². The summed E-state index contributed by atoms with van der Waals surface area (Å²) in [6, 6.07) is 12.1. The first kappa shape index (κ1) is 23.5. The normalized spacial score (nSPS) is 14.5. The van der Waals surface area contributed by atoms with Crippen molar-refractivity contribution in [2.75, 3.05) is 13.2 Å². The van der Waals surface area contributed by atoms with Crippen molar-refractivity contribution in [3.63, 3.8) is 0 Å². The molecule has 0 saturated carbocycles. The number of unbranched alkanes of at least 4 members (excludes halogenated alkanes) is 1. The number of aryl methyl sites for hydroxylation is 2. The lowest BCUT2D eigenvalue weighted by Crippen LogP contribution is -2.35. The molecule has 2 aromatic carbocycles. The lowest BCUT2D eigenvalue weighted by atomic mass is 9.97. The highest BCUT2D eigenvalue weighted by Gasteiger charge is 2.26. The quantitative estimate of drug-likeness (QED) is 0.396. The number of aliphatic hydroxyl groups is 1. The van der Waals surface area contributed by atoms with Crippen LogP contribution in [-0.2, 0) is 25.7 Å². The predicted molar refractivity (Wildman–Crippen MR) is 134 cm³/mol. The van der Waals surface area contributed by atoms with Gasteiger partial charge in [0.05, 0.1) is 24.8 Å². The number of pyridine rings is 1. The second kappa shape index (κ2) is 10.5. The third kappa shape index (κ3) is 4.99. The Morgan fingerprint density at radius 3 is 2.36 bits per heavy atom. The van der Waals surface area contributed by atoms with Crippen LogP contribution in [0.25, 0.3) is 10.9 Å². The van der Waals surface area contributed by atoms with Crippen LogP contribution in [0.1, 0.15) is 67.5 Å². The van der Waals surface area contributed by atoms with Crippen molar-refractivity contribution in [2.24, 2.45) is 0 Å². The summed E-state index contributed by atoms with van der Waals surface area (Å²) in [4.78, 5) is 15.0. The zero-order valence-electron chi connectivity index (χ0n) is 20.0. The molecule has 176 valence electrons. The van der Waals surface area contributed by atoms with E-state index in [1.807, 2.05) is 18.2 Å². The summed E-state index contributed by atoms with van der Waals surface area (Å²) in [6.07, 6.45) is 6.07. The van der Waals surface area contributed by atoms with E-state index in [0.717, 1.165) is 49.5 Å². The number of nitrogens with one attached hydrogen (secondary N) is 2. The van der Waals surface area contributed by atoms with Crippen LogP contribution in [0.15, 0.2) is 41.2 Å². The van der Waals surface area contributed by atoms with Crippen molar-refractivity contribution in [1.29, 1.82) is 0 Å². The van der Waals surface area contributed by atoms with Gasteiger partial charge >= 0.3 is 0 Å². The summed E-state index contributed by atoms with van der Waals surface area (Å²) in [5.41, 5.74) is 7.27. The first-order valence-electron chi connectivity index (χ1n) is 12.4. The van der Waals surface area contributed by atoms with E-state index in [4.69, 9.17) is 4.74 Å². The van der Waals surface area contributed by atoms with E-state index < -0.39 is 0 Å². The molecule has 1 heterocycles. The van der Waals surface area contributed by atoms with Gasteiger partial charge in [0, 0.05) is 17.5 Å². The Morgan fingerprint density at radius 2 is 1.76 bits per heavy atom. The Bertz CT molecular complexity index is 1130. The Labute approximate surface area is 196 Å². The molecule has 3 N–H and O–H groups in total. The molecule has 1 aliphatic carbocycles. The number of aromatic nitrogens is 1. The van der Waals surface area contributed by atoms with Gasteiger partial charge in [-0.25, -0.2) is 0 Å². The Balaban J connectivity index is 1.59. The molecule has 0 aliphatic heterocycles. The van der Waals surface area contributed by atoms with Crippen LogP contribution < -0.4 is 15.6 Å². The number of hydrogen-bond donors (Lipinski definition) is 3. The second-order valence-corrected chi connectivity index (χ2v) is 9.07. The number of aliphatic hydroxyl groups excluding tert-OH is 1. The average molecular weight is 449 g/mol. The summed E-state index contributed by atoms with van der Waals surface area (Å²) in [7, 11) is 0. The van der Waals surface area contributed by atoms with Gasteiger partial charge in [-0.2, -0.15) is 0 Å². The molecule has 5 nitrogen and oxygen atoms in total. The molecule has 1 atom stereocenters. The zero-order valence-corrected chi connectivity index (χ0v) is 20.0. The monoisotopic (exact) mass is 448 g/mol. The van der Waals surface area contributed by atoms with E-state index in [1.165, 1.54) is 22.3 Å². The fourth-order valence-corrected chi connectivity index (χ4v) is 5.07. The van der Waals surface area contributed by atoms with Crippen LogP contribution in [0.2, 0.25) is 0 Å². The van der Waals surface area contributed by atoms with Crippen LogP contribution in [0.5, 0.6) is 5.75 Å². The molecular weight excluding hydrogens is 412 g/mol. The summed E-state index contributed by atoms with van der Waals surface area (Å²) >= 11 is 0. The number of ether oxygens (including phenoxy) is 1. The van der Waals surface area contributed by atoms with Crippen LogP contribution in [0.3, 0.4) is 0 Å². The van der Waals surface area contributed by atoms with Gasteiger partial charge in [-0.05, 0) is 72.1 Å². The highest BCUT2D eigenvalue weighted by atomic mass is 16.5. The predicted octanol–water partition coefficient (Wildman–Crippen LogP) is 4.62. The van der Waals surface area contributed by atoms with Gasteiger partial charge in [0.15, 0.2) is 0 Å². The molecule has 0 bridgehead atoms. The first-order valence-corrected chi connectivity index (χ1v) is 12.4. The molecule has 0 spiro atoms. The van der Waals surface area contributed by atoms with Gasteiger partial charge in [-0.3, -0.25) is 4.79 Å². The van der Waals surface area contributed by atoms with Crippen LogP contribution in [-0.4, -0.2) is 29.3 Å². The van der Waals surface area contributed by atoms with Crippen molar-refractivity contribution in [2.45, 2.75) is 71.4 Å². The molecule has 1 unspecified atom stereocenters. The Morgan fingerprint density at radius 1 is 1.06 bits per heavy atom. The number of H-pyrrole nitrogens is 1. The molecule has 3 aromatic rings. The summed E-state index contributed by atoms with van der Waals surface area (Å²) in [6.45, 7) is 7.16. The highest BCUT2D eigenvalue weighted by Crippen LogP contribution is 2.32. The van der Waals surface area contributed by atoms with Gasteiger partial charge < -0.3 is 20.1 Å². The number of aromatic amines is 1.